The number of carbonyl (C=O) groups excluding carboxylic acids is 1. The summed E-state index contributed by atoms with van der Waals surface area (Å²) in [4.78, 5) is 11.8. The molecule has 1 atom stereocenters. The Morgan fingerprint density at radius 2 is 1.92 bits per heavy atom. The molecule has 1 aliphatic rings. The Labute approximate surface area is 148 Å². The van der Waals surface area contributed by atoms with E-state index in [1.807, 2.05) is 71.9 Å². The third kappa shape index (κ3) is 3.04. The van der Waals surface area contributed by atoms with Crippen LogP contribution in [0.3, 0.4) is 0 Å². The van der Waals surface area contributed by atoms with Crippen LogP contribution in [-0.4, -0.2) is 16.9 Å². The number of hydrogen-bond acceptors (Lipinski definition) is 4. The van der Waals surface area contributed by atoms with Crippen LogP contribution < -0.4 is 10.4 Å². The highest BCUT2D eigenvalue weighted by Crippen LogP contribution is 2.40. The highest BCUT2D eigenvalue weighted by molar-refractivity contribution is 5.79. The largest absolute Gasteiger partial charge is 0.529 e. The molecule has 2 heterocycles. The van der Waals surface area contributed by atoms with Crippen molar-refractivity contribution in [1.29, 1.82) is 0 Å². The molecule has 0 saturated heterocycles. The van der Waals surface area contributed by atoms with Crippen molar-refractivity contribution in [2.24, 2.45) is 0 Å². The van der Waals surface area contributed by atoms with Gasteiger partial charge in [0, 0.05) is 22.4 Å². The maximum Gasteiger partial charge on any atom is 0.146 e. The van der Waals surface area contributed by atoms with Gasteiger partial charge in [-0.2, -0.15) is 0 Å². The SMILES string of the molecule is CC1Nc2ccc(-c3ccc(C(C)(C)C)n3C(=O)[O-])cc2C(C)(C)O1. The van der Waals surface area contributed by atoms with Crippen molar-refractivity contribution < 1.29 is 14.6 Å². The lowest BCUT2D eigenvalue weighted by Gasteiger charge is -2.38. The number of nitrogens with zero attached hydrogens (tertiary/aromatic N) is 1. The van der Waals surface area contributed by atoms with Crippen molar-refractivity contribution in [3.8, 4) is 11.3 Å². The number of fused-ring (bicyclic) bond motifs is 1. The quantitative estimate of drug-likeness (QED) is 0.859. The van der Waals surface area contributed by atoms with E-state index < -0.39 is 11.7 Å². The van der Waals surface area contributed by atoms with Gasteiger partial charge in [-0.1, -0.05) is 26.8 Å². The van der Waals surface area contributed by atoms with E-state index in [9.17, 15) is 9.90 Å². The molecule has 1 aliphatic heterocycles. The van der Waals surface area contributed by atoms with E-state index in [0.717, 1.165) is 16.8 Å². The molecule has 0 bridgehead atoms. The van der Waals surface area contributed by atoms with E-state index in [1.165, 1.54) is 4.57 Å². The zero-order valence-corrected chi connectivity index (χ0v) is 15.6. The van der Waals surface area contributed by atoms with Gasteiger partial charge in [-0.15, -0.1) is 0 Å². The fourth-order valence-corrected chi connectivity index (χ4v) is 3.53. The predicted molar refractivity (Wildman–Crippen MR) is 96.6 cm³/mol. The minimum atomic E-state index is -1.22. The number of hydrogen-bond donors (Lipinski definition) is 1. The van der Waals surface area contributed by atoms with Gasteiger partial charge in [0.1, 0.15) is 12.3 Å². The molecule has 0 aliphatic carbocycles. The lowest BCUT2D eigenvalue weighted by atomic mass is 9.91. The van der Waals surface area contributed by atoms with Gasteiger partial charge in [0.2, 0.25) is 0 Å². The summed E-state index contributed by atoms with van der Waals surface area (Å²) >= 11 is 0. The smallest absolute Gasteiger partial charge is 0.146 e. The first-order chi connectivity index (χ1) is 11.5. The number of benzene rings is 1. The van der Waals surface area contributed by atoms with Gasteiger partial charge in [0.15, 0.2) is 0 Å². The number of carbonyl (C=O) groups is 1. The van der Waals surface area contributed by atoms with Gasteiger partial charge in [0.05, 0.1) is 11.3 Å². The Bertz CT molecular complexity index is 828. The molecule has 1 aromatic carbocycles. The summed E-state index contributed by atoms with van der Waals surface area (Å²) in [6, 6.07) is 9.60. The average molecular weight is 341 g/mol. The molecular formula is C20H25N2O3-. The topological polar surface area (TPSA) is 66.3 Å². The van der Waals surface area contributed by atoms with E-state index in [2.05, 4.69) is 5.32 Å². The summed E-state index contributed by atoms with van der Waals surface area (Å²) in [5.41, 5.74) is 3.41. The fourth-order valence-electron chi connectivity index (χ4n) is 3.53. The zero-order valence-electron chi connectivity index (χ0n) is 15.6. The van der Waals surface area contributed by atoms with E-state index in [4.69, 9.17) is 4.74 Å². The standard InChI is InChI=1S/C20H26N2O3/c1-12-21-15-8-7-13(11-14(15)20(5,6)25-12)16-9-10-17(19(2,3)4)22(16)18(23)24/h7-12,21H,1-6H3,(H,23,24)/p-1. The lowest BCUT2D eigenvalue weighted by molar-refractivity contribution is -0.250. The van der Waals surface area contributed by atoms with E-state index in [-0.39, 0.29) is 11.6 Å². The normalized spacial score (nSPS) is 19.2. The van der Waals surface area contributed by atoms with Crippen molar-refractivity contribution in [3.63, 3.8) is 0 Å². The molecule has 2 aromatic rings. The number of aromatic nitrogens is 1. The van der Waals surface area contributed by atoms with Crippen LogP contribution in [0.4, 0.5) is 10.5 Å². The molecule has 0 radical (unpaired) electrons. The van der Waals surface area contributed by atoms with Crippen molar-refractivity contribution in [1.82, 2.24) is 4.57 Å². The van der Waals surface area contributed by atoms with Crippen LogP contribution in [0.2, 0.25) is 0 Å². The minimum Gasteiger partial charge on any atom is -0.529 e. The second-order valence-electron chi connectivity index (χ2n) is 8.13. The van der Waals surface area contributed by atoms with Gasteiger partial charge in [-0.3, -0.25) is 4.57 Å². The first kappa shape index (κ1) is 17.5. The van der Waals surface area contributed by atoms with E-state index in [0.29, 0.717) is 11.4 Å². The van der Waals surface area contributed by atoms with Gasteiger partial charge in [0.25, 0.3) is 0 Å². The van der Waals surface area contributed by atoms with Crippen molar-refractivity contribution in [3.05, 3.63) is 41.6 Å². The van der Waals surface area contributed by atoms with Gasteiger partial charge in [-0.05, 0) is 50.6 Å². The summed E-state index contributed by atoms with van der Waals surface area (Å²) in [6.45, 7) is 12.0. The third-order valence-electron chi connectivity index (χ3n) is 4.63. The summed E-state index contributed by atoms with van der Waals surface area (Å²) in [7, 11) is 0. The number of anilines is 1. The Hall–Kier alpha value is -2.27. The van der Waals surface area contributed by atoms with E-state index >= 15 is 0 Å². The molecule has 134 valence electrons. The maximum atomic E-state index is 11.8. The molecule has 25 heavy (non-hydrogen) atoms. The zero-order chi connectivity index (χ0) is 18.6. The Morgan fingerprint density at radius 1 is 1.24 bits per heavy atom. The van der Waals surface area contributed by atoms with Crippen LogP contribution in [0, 0.1) is 0 Å². The molecule has 3 rings (SSSR count). The molecule has 0 fully saturated rings. The number of nitrogens with one attached hydrogen (secondary N) is 1. The van der Waals surface area contributed by atoms with Crippen LogP contribution in [0.1, 0.15) is 52.8 Å². The monoisotopic (exact) mass is 341 g/mol. The van der Waals surface area contributed by atoms with Crippen LogP contribution >= 0.6 is 0 Å². The van der Waals surface area contributed by atoms with Crippen molar-refractivity contribution >= 4 is 11.8 Å². The highest BCUT2D eigenvalue weighted by atomic mass is 16.5. The molecule has 1 unspecified atom stereocenters. The highest BCUT2D eigenvalue weighted by Gasteiger charge is 2.32. The maximum absolute atomic E-state index is 11.8. The van der Waals surface area contributed by atoms with Crippen LogP contribution in [0.15, 0.2) is 30.3 Å². The molecular weight excluding hydrogens is 316 g/mol. The third-order valence-corrected chi connectivity index (χ3v) is 4.63. The lowest BCUT2D eigenvalue weighted by Crippen LogP contribution is -2.37. The van der Waals surface area contributed by atoms with Gasteiger partial charge in [-0.25, -0.2) is 0 Å². The van der Waals surface area contributed by atoms with Crippen molar-refractivity contribution in [2.45, 2.75) is 58.8 Å². The molecule has 0 saturated carbocycles. The summed E-state index contributed by atoms with van der Waals surface area (Å²) in [5, 5.41) is 15.1. The molecule has 0 spiro atoms. The average Bonchev–Trinajstić information content (AvgIpc) is 2.91. The minimum absolute atomic E-state index is 0.0760. The Morgan fingerprint density at radius 3 is 2.52 bits per heavy atom. The second kappa shape index (κ2) is 5.63. The first-order valence-electron chi connectivity index (χ1n) is 8.53. The van der Waals surface area contributed by atoms with Crippen molar-refractivity contribution in [2.75, 3.05) is 5.32 Å². The fraction of sp³-hybridized carbons (Fsp3) is 0.450. The Balaban J connectivity index is 2.16. The summed E-state index contributed by atoms with van der Waals surface area (Å²) in [5.74, 6) is 0. The van der Waals surface area contributed by atoms with Gasteiger partial charge >= 0.3 is 0 Å². The van der Waals surface area contributed by atoms with Crippen LogP contribution in [0.25, 0.3) is 11.3 Å². The molecule has 0 amide bonds. The van der Waals surface area contributed by atoms with Gasteiger partial charge < -0.3 is 20.0 Å². The molecule has 5 nitrogen and oxygen atoms in total. The number of ether oxygens (including phenoxy) is 1. The molecule has 1 N–H and O–H groups in total. The Kier molecular flexibility index (Phi) is 3.95. The number of rotatable bonds is 1. The second-order valence-corrected chi connectivity index (χ2v) is 8.13. The first-order valence-corrected chi connectivity index (χ1v) is 8.53. The molecule has 5 heteroatoms. The summed E-state index contributed by atoms with van der Waals surface area (Å²) < 4.78 is 7.25. The summed E-state index contributed by atoms with van der Waals surface area (Å²) in [6.07, 6.45) is -1.29. The number of carboxylic acid groups (broad SMARTS) is 1. The van der Waals surface area contributed by atoms with Crippen LogP contribution in [0.5, 0.6) is 0 Å². The predicted octanol–water partition coefficient (Wildman–Crippen LogP) is 3.67. The van der Waals surface area contributed by atoms with E-state index in [1.54, 1.807) is 0 Å². The molecule has 1 aromatic heterocycles. The van der Waals surface area contributed by atoms with Crippen LogP contribution in [-0.2, 0) is 15.8 Å².